The molecule has 2 aromatic rings. The van der Waals surface area contributed by atoms with Crippen LogP contribution in [0, 0.1) is 23.6 Å². The van der Waals surface area contributed by atoms with Crippen LogP contribution >= 0.6 is 0 Å². The summed E-state index contributed by atoms with van der Waals surface area (Å²) in [5.41, 5.74) is 0.239. The van der Waals surface area contributed by atoms with E-state index in [9.17, 15) is 27.6 Å². The van der Waals surface area contributed by atoms with Gasteiger partial charge in [-0.3, -0.25) is 19.1 Å². The van der Waals surface area contributed by atoms with E-state index in [2.05, 4.69) is 15.7 Å². The van der Waals surface area contributed by atoms with Crippen molar-refractivity contribution >= 4 is 23.4 Å². The molecule has 13 heteroatoms. The first kappa shape index (κ1) is 30.5. The summed E-state index contributed by atoms with van der Waals surface area (Å²) in [6, 6.07) is 2.01. The second kappa shape index (κ2) is 12.6. The minimum Gasteiger partial charge on any atom is -0.396 e. The predicted octanol–water partition coefficient (Wildman–Crippen LogP) is 3.75. The Balaban J connectivity index is 1.49. The van der Waals surface area contributed by atoms with Crippen molar-refractivity contribution in [3.8, 4) is 0 Å². The lowest BCUT2D eigenvalue weighted by Gasteiger charge is -2.27. The molecule has 3 atom stereocenters. The monoisotopic (exact) mass is 581 g/mol. The maximum atomic E-state index is 15.1. The molecule has 2 saturated carbocycles. The largest absolute Gasteiger partial charge is 0.408 e. The Bertz CT molecular complexity index is 1250. The molecule has 3 amide bonds. The predicted molar refractivity (Wildman–Crippen MR) is 141 cm³/mol. The molecule has 1 heterocycles. The van der Waals surface area contributed by atoms with Crippen LogP contribution in [0.1, 0.15) is 67.9 Å². The van der Waals surface area contributed by atoms with Crippen LogP contribution in [-0.4, -0.2) is 57.5 Å². The molecule has 2 fully saturated rings. The number of anilines is 1. The Morgan fingerprint density at radius 2 is 1.73 bits per heavy atom. The fraction of sp³-hybridized carbons (Fsp3) is 0.571. The zero-order chi connectivity index (χ0) is 29.9. The topological polar surface area (TPSA) is 125 Å². The Hall–Kier alpha value is -3.48. The minimum absolute atomic E-state index is 0.0940. The van der Waals surface area contributed by atoms with Crippen molar-refractivity contribution in [1.82, 2.24) is 20.4 Å². The number of nitrogens with zero attached hydrogens (tertiary/aromatic N) is 2. The Morgan fingerprint density at radius 1 is 1.07 bits per heavy atom. The van der Waals surface area contributed by atoms with E-state index in [1.807, 2.05) is 12.2 Å². The third-order valence-electron chi connectivity index (χ3n) is 7.81. The van der Waals surface area contributed by atoms with Gasteiger partial charge in [-0.25, -0.2) is 4.39 Å². The number of aryl methyl sites for hydroxylation is 1. The van der Waals surface area contributed by atoms with Crippen molar-refractivity contribution < 1.29 is 37.1 Å². The summed E-state index contributed by atoms with van der Waals surface area (Å²) in [5, 5.41) is 20.3. The number of hydrogen-bond donors (Lipinski definition) is 4. The summed E-state index contributed by atoms with van der Waals surface area (Å²) >= 11 is 0. The molecule has 0 spiro atoms. The van der Waals surface area contributed by atoms with Gasteiger partial charge >= 0.3 is 6.18 Å². The van der Waals surface area contributed by atoms with E-state index in [0.29, 0.717) is 12.2 Å². The number of nitrogens with one attached hydrogen (secondary N) is 3. The molecule has 0 saturated heterocycles. The van der Waals surface area contributed by atoms with Gasteiger partial charge < -0.3 is 21.1 Å². The third-order valence-corrected chi connectivity index (χ3v) is 7.81. The lowest BCUT2D eigenvalue weighted by Crippen LogP contribution is -2.50. The van der Waals surface area contributed by atoms with Gasteiger partial charge in [0, 0.05) is 19.3 Å². The number of aliphatic hydroxyl groups is 1. The summed E-state index contributed by atoms with van der Waals surface area (Å²) < 4.78 is 56.1. The van der Waals surface area contributed by atoms with E-state index in [0.717, 1.165) is 31.7 Å². The Morgan fingerprint density at radius 3 is 2.27 bits per heavy atom. The van der Waals surface area contributed by atoms with E-state index in [-0.39, 0.29) is 29.0 Å². The van der Waals surface area contributed by atoms with Crippen molar-refractivity contribution in [2.75, 3.05) is 11.9 Å². The molecule has 4 rings (SSSR count). The van der Waals surface area contributed by atoms with Gasteiger partial charge in [0.05, 0.1) is 11.6 Å². The molecule has 0 aliphatic heterocycles. The lowest BCUT2D eigenvalue weighted by molar-refractivity contribution is -0.164. The molecule has 2 aliphatic carbocycles. The zero-order valence-electron chi connectivity index (χ0n) is 22.9. The molecule has 41 heavy (non-hydrogen) atoms. The molecule has 0 bridgehead atoms. The summed E-state index contributed by atoms with van der Waals surface area (Å²) in [5.74, 6) is -3.54. The lowest BCUT2D eigenvalue weighted by atomic mass is 9.88. The summed E-state index contributed by atoms with van der Waals surface area (Å²) in [6.45, 7) is 2.87. The maximum Gasteiger partial charge on any atom is 0.408 e. The number of hydrogen-bond acceptors (Lipinski definition) is 5. The van der Waals surface area contributed by atoms with Crippen molar-refractivity contribution in [3.63, 3.8) is 0 Å². The maximum absolute atomic E-state index is 15.1. The number of benzene rings is 1. The summed E-state index contributed by atoms with van der Waals surface area (Å²) in [6.07, 6.45) is -0.162. The number of amides is 3. The van der Waals surface area contributed by atoms with Crippen molar-refractivity contribution in [3.05, 3.63) is 47.5 Å². The number of aliphatic hydroxyl groups excluding tert-OH is 1. The number of carbonyl (C=O) groups is 3. The van der Waals surface area contributed by atoms with Gasteiger partial charge in [0.1, 0.15) is 23.6 Å². The standard InChI is InChI=1S/C28H35F4N5O4/c1-3-37-21(10-12-33-37)26(40)36-24(23(16-4-5-16)17-6-7-17)27(41)34-20-9-8-18(14-19(20)29)15(2)25(39)35-22(11-13-38)28(30,31)32/h8-10,12,14-17,22-24,38H,3-7,11,13H2,1-2H3,(H,34,41)(H,35,39)(H,36,40)/t15-,22?,24-/m0/s1. The molecule has 1 unspecified atom stereocenters. The first-order valence-electron chi connectivity index (χ1n) is 13.9. The fourth-order valence-corrected chi connectivity index (χ4v) is 5.23. The van der Waals surface area contributed by atoms with Crippen LogP contribution in [0.25, 0.3) is 0 Å². The van der Waals surface area contributed by atoms with Crippen LogP contribution in [0.3, 0.4) is 0 Å². The van der Waals surface area contributed by atoms with E-state index in [4.69, 9.17) is 5.11 Å². The zero-order valence-corrected chi connectivity index (χ0v) is 22.9. The number of carbonyl (C=O) groups excluding carboxylic acids is 3. The van der Waals surface area contributed by atoms with E-state index >= 15 is 4.39 Å². The Kier molecular flexibility index (Phi) is 9.35. The van der Waals surface area contributed by atoms with Crippen molar-refractivity contribution in [2.45, 2.75) is 76.7 Å². The van der Waals surface area contributed by atoms with Gasteiger partial charge in [-0.2, -0.15) is 18.3 Å². The van der Waals surface area contributed by atoms with Crippen LogP contribution in [0.5, 0.6) is 0 Å². The van der Waals surface area contributed by atoms with Crippen molar-refractivity contribution in [1.29, 1.82) is 0 Å². The van der Waals surface area contributed by atoms with Crippen molar-refractivity contribution in [2.24, 2.45) is 17.8 Å². The van der Waals surface area contributed by atoms with E-state index in [1.165, 1.54) is 29.9 Å². The van der Waals surface area contributed by atoms with E-state index < -0.39 is 60.7 Å². The molecule has 1 aromatic heterocycles. The molecule has 4 N–H and O–H groups in total. The van der Waals surface area contributed by atoms with Crippen LogP contribution in [0.2, 0.25) is 0 Å². The van der Waals surface area contributed by atoms with Gasteiger partial charge in [0.25, 0.3) is 5.91 Å². The number of halogens is 4. The summed E-state index contributed by atoms with van der Waals surface area (Å²) in [7, 11) is 0. The van der Waals surface area contributed by atoms with E-state index in [1.54, 1.807) is 6.07 Å². The highest BCUT2D eigenvalue weighted by Crippen LogP contribution is 2.51. The molecule has 2 aliphatic rings. The molecule has 1 aromatic carbocycles. The number of alkyl halides is 3. The molecular formula is C28H35F4N5O4. The first-order chi connectivity index (χ1) is 19.4. The van der Waals surface area contributed by atoms with Gasteiger partial charge in [-0.05, 0) is 87.5 Å². The molecule has 224 valence electrons. The SMILES string of the molecule is CCn1nccc1C(=O)N[C@H](C(=O)Nc1ccc([C@H](C)C(=O)NC(CCO)C(F)(F)F)cc1F)C(C1CC1)C1CC1. The smallest absolute Gasteiger partial charge is 0.396 e. The average molecular weight is 582 g/mol. The number of rotatable bonds is 13. The summed E-state index contributed by atoms with van der Waals surface area (Å²) in [4.78, 5) is 39.1. The van der Waals surface area contributed by atoms with Crippen LogP contribution < -0.4 is 16.0 Å². The first-order valence-corrected chi connectivity index (χ1v) is 13.9. The molecular weight excluding hydrogens is 546 g/mol. The van der Waals surface area contributed by atoms with Crippen LogP contribution in [-0.2, 0) is 16.1 Å². The van der Waals surface area contributed by atoms with Crippen LogP contribution in [0.4, 0.5) is 23.2 Å². The minimum atomic E-state index is -4.75. The highest BCUT2D eigenvalue weighted by atomic mass is 19.4. The van der Waals surface area contributed by atoms with Gasteiger partial charge in [-0.15, -0.1) is 0 Å². The van der Waals surface area contributed by atoms with Gasteiger partial charge in [0.2, 0.25) is 11.8 Å². The fourth-order valence-electron chi connectivity index (χ4n) is 5.23. The highest BCUT2D eigenvalue weighted by molar-refractivity contribution is 6.01. The second-order valence-corrected chi connectivity index (χ2v) is 10.8. The average Bonchev–Trinajstić information content (AvgIpc) is 3.87. The quantitative estimate of drug-likeness (QED) is 0.268. The highest BCUT2D eigenvalue weighted by Gasteiger charge is 2.48. The van der Waals surface area contributed by atoms with Crippen LogP contribution in [0.15, 0.2) is 30.5 Å². The molecule has 0 radical (unpaired) electrons. The van der Waals surface area contributed by atoms with Gasteiger partial charge in [0.15, 0.2) is 0 Å². The third kappa shape index (κ3) is 7.43. The molecule has 9 nitrogen and oxygen atoms in total. The second-order valence-electron chi connectivity index (χ2n) is 10.8. The normalized spacial score (nSPS) is 17.6. The Labute approximate surface area is 235 Å². The number of aromatic nitrogens is 2. The van der Waals surface area contributed by atoms with Gasteiger partial charge in [-0.1, -0.05) is 6.07 Å².